The molecule has 2 aliphatic rings. The summed E-state index contributed by atoms with van der Waals surface area (Å²) in [5.74, 6) is -1.17. The largest absolute Gasteiger partial charge is 0.321 e. The fraction of sp³-hybridized carbons (Fsp3) is 0.238. The first-order chi connectivity index (χ1) is 12.6. The van der Waals surface area contributed by atoms with E-state index >= 15 is 0 Å². The van der Waals surface area contributed by atoms with Crippen molar-refractivity contribution in [3.05, 3.63) is 72.1 Å². The molecule has 4 rings (SSSR count). The first-order valence-electron chi connectivity index (χ1n) is 8.85. The summed E-state index contributed by atoms with van der Waals surface area (Å²) in [6.07, 6.45) is 3.14. The number of nitrogens with one attached hydrogen (secondary N) is 1. The first-order valence-corrected chi connectivity index (χ1v) is 8.85. The van der Waals surface area contributed by atoms with Crippen LogP contribution in [0.1, 0.15) is 18.4 Å². The highest BCUT2D eigenvalue weighted by Crippen LogP contribution is 2.25. The fourth-order valence-corrected chi connectivity index (χ4v) is 3.82. The maximum absolute atomic E-state index is 14.0. The third kappa shape index (κ3) is 2.95. The number of para-hydroxylation sites is 1. The number of anilines is 1. The molecule has 0 bridgehead atoms. The summed E-state index contributed by atoms with van der Waals surface area (Å²) in [5.41, 5.74) is 2.53. The molecule has 1 fully saturated rings. The lowest BCUT2D eigenvalue weighted by molar-refractivity contribution is -0.909. The number of carbonyl (C=O) groups is 2. The van der Waals surface area contributed by atoms with E-state index in [4.69, 9.17) is 0 Å². The Bertz CT molecular complexity index is 879. The van der Waals surface area contributed by atoms with Crippen molar-refractivity contribution in [1.82, 2.24) is 0 Å². The molecule has 2 amide bonds. The molecular formula is C21H20FN2O2+. The van der Waals surface area contributed by atoms with Crippen LogP contribution in [0, 0.1) is 5.82 Å². The molecule has 1 unspecified atom stereocenters. The van der Waals surface area contributed by atoms with Crippen LogP contribution in [0.4, 0.5) is 10.1 Å². The van der Waals surface area contributed by atoms with Gasteiger partial charge in [-0.2, -0.15) is 0 Å². The van der Waals surface area contributed by atoms with Crippen LogP contribution in [0.25, 0.3) is 5.57 Å². The molecule has 26 heavy (non-hydrogen) atoms. The van der Waals surface area contributed by atoms with Crippen LogP contribution >= 0.6 is 0 Å². The SMILES string of the molecule is O=C1C[C@@H]([NH+]2CC=C(c3ccccc3)CC2)C(=O)N1c1ccccc1F. The summed E-state index contributed by atoms with van der Waals surface area (Å²) >= 11 is 0. The van der Waals surface area contributed by atoms with Crippen LogP contribution in [0.2, 0.25) is 0 Å². The van der Waals surface area contributed by atoms with E-state index in [1.807, 2.05) is 18.2 Å². The number of rotatable bonds is 3. The molecule has 0 spiro atoms. The monoisotopic (exact) mass is 351 g/mol. The molecule has 4 nitrogen and oxygen atoms in total. The lowest BCUT2D eigenvalue weighted by Crippen LogP contribution is -3.17. The fourth-order valence-electron chi connectivity index (χ4n) is 3.82. The molecule has 0 aliphatic carbocycles. The Balaban J connectivity index is 1.52. The van der Waals surface area contributed by atoms with Crippen molar-refractivity contribution in [1.29, 1.82) is 0 Å². The predicted molar refractivity (Wildman–Crippen MR) is 97.0 cm³/mol. The molecular weight excluding hydrogens is 331 g/mol. The van der Waals surface area contributed by atoms with E-state index in [1.54, 1.807) is 12.1 Å². The van der Waals surface area contributed by atoms with E-state index < -0.39 is 11.9 Å². The number of halogens is 1. The van der Waals surface area contributed by atoms with Gasteiger partial charge in [-0.3, -0.25) is 9.59 Å². The number of carbonyl (C=O) groups excluding carboxylic acids is 2. The Morgan fingerprint density at radius 2 is 1.73 bits per heavy atom. The summed E-state index contributed by atoms with van der Waals surface area (Å²) in [6, 6.07) is 15.7. The summed E-state index contributed by atoms with van der Waals surface area (Å²) in [4.78, 5) is 27.3. The van der Waals surface area contributed by atoms with E-state index in [9.17, 15) is 14.0 Å². The number of hydrogen-bond donors (Lipinski definition) is 1. The average molecular weight is 351 g/mol. The predicted octanol–water partition coefficient (Wildman–Crippen LogP) is 1.83. The lowest BCUT2D eigenvalue weighted by Gasteiger charge is -2.27. The second-order valence-corrected chi connectivity index (χ2v) is 6.73. The van der Waals surface area contributed by atoms with E-state index in [2.05, 4.69) is 18.2 Å². The van der Waals surface area contributed by atoms with Crippen molar-refractivity contribution >= 4 is 23.1 Å². The van der Waals surface area contributed by atoms with Gasteiger partial charge in [-0.15, -0.1) is 0 Å². The van der Waals surface area contributed by atoms with Gasteiger partial charge in [-0.25, -0.2) is 9.29 Å². The van der Waals surface area contributed by atoms with Crippen molar-refractivity contribution in [2.24, 2.45) is 0 Å². The highest BCUT2D eigenvalue weighted by molar-refractivity contribution is 6.21. The number of amides is 2. The van der Waals surface area contributed by atoms with Gasteiger partial charge in [0, 0.05) is 6.42 Å². The molecule has 0 radical (unpaired) electrons. The van der Waals surface area contributed by atoms with Crippen molar-refractivity contribution in [2.75, 3.05) is 18.0 Å². The Morgan fingerprint density at radius 3 is 2.42 bits per heavy atom. The van der Waals surface area contributed by atoms with Gasteiger partial charge in [0.05, 0.1) is 25.2 Å². The molecule has 2 aromatic rings. The van der Waals surface area contributed by atoms with Crippen molar-refractivity contribution in [3.8, 4) is 0 Å². The number of nitrogens with zero attached hydrogens (tertiary/aromatic N) is 1. The Hall–Kier alpha value is -2.79. The van der Waals surface area contributed by atoms with Crippen LogP contribution in [0.5, 0.6) is 0 Å². The molecule has 2 aliphatic heterocycles. The Morgan fingerprint density at radius 1 is 1.00 bits per heavy atom. The van der Waals surface area contributed by atoms with Crippen LogP contribution < -0.4 is 9.80 Å². The van der Waals surface area contributed by atoms with Crippen molar-refractivity contribution in [3.63, 3.8) is 0 Å². The summed E-state index contributed by atoms with van der Waals surface area (Å²) in [5, 5.41) is 0. The molecule has 132 valence electrons. The van der Waals surface area contributed by atoms with E-state index in [0.29, 0.717) is 6.54 Å². The van der Waals surface area contributed by atoms with Gasteiger partial charge in [0.15, 0.2) is 6.04 Å². The van der Waals surface area contributed by atoms with Gasteiger partial charge >= 0.3 is 0 Å². The quantitative estimate of drug-likeness (QED) is 0.858. The number of quaternary nitrogens is 1. The van der Waals surface area contributed by atoms with Crippen LogP contribution in [-0.4, -0.2) is 30.9 Å². The second-order valence-electron chi connectivity index (χ2n) is 6.73. The highest BCUT2D eigenvalue weighted by Gasteiger charge is 2.46. The van der Waals surface area contributed by atoms with Crippen molar-refractivity contribution in [2.45, 2.75) is 18.9 Å². The van der Waals surface area contributed by atoms with Crippen molar-refractivity contribution < 1.29 is 18.9 Å². The minimum absolute atomic E-state index is 0.0573. The van der Waals surface area contributed by atoms with Gasteiger partial charge in [-0.05, 0) is 29.3 Å². The molecule has 0 aromatic heterocycles. The molecule has 0 saturated carbocycles. The maximum Gasteiger partial charge on any atom is 0.292 e. The maximum atomic E-state index is 14.0. The normalized spacial score (nSPS) is 23.3. The van der Waals surface area contributed by atoms with E-state index in [0.717, 1.165) is 22.8 Å². The van der Waals surface area contributed by atoms with Crippen LogP contribution in [-0.2, 0) is 9.59 Å². The average Bonchev–Trinajstić information content (AvgIpc) is 2.97. The Labute approximate surface area is 151 Å². The smallest absolute Gasteiger partial charge is 0.292 e. The molecule has 2 atom stereocenters. The van der Waals surface area contributed by atoms with E-state index in [1.165, 1.54) is 23.3 Å². The van der Waals surface area contributed by atoms with Gasteiger partial charge < -0.3 is 4.90 Å². The third-order valence-corrected chi connectivity index (χ3v) is 5.20. The summed E-state index contributed by atoms with van der Waals surface area (Å²) < 4.78 is 14.0. The number of hydrogen-bond acceptors (Lipinski definition) is 2. The highest BCUT2D eigenvalue weighted by atomic mass is 19.1. The molecule has 1 N–H and O–H groups in total. The summed E-state index contributed by atoms with van der Waals surface area (Å²) in [7, 11) is 0. The Kier molecular flexibility index (Phi) is 4.39. The second kappa shape index (κ2) is 6.84. The standard InChI is InChI=1S/C21H19FN2O2/c22-17-8-4-5-9-18(17)24-20(25)14-19(21(24)26)23-12-10-16(11-13-23)15-6-2-1-3-7-15/h1-10,19H,11-14H2/p+1/t19-/m1/s1. The minimum atomic E-state index is -0.547. The van der Waals surface area contributed by atoms with Gasteiger partial charge in [-0.1, -0.05) is 42.5 Å². The van der Waals surface area contributed by atoms with E-state index in [-0.39, 0.29) is 23.9 Å². The zero-order valence-corrected chi connectivity index (χ0v) is 14.3. The van der Waals surface area contributed by atoms with Gasteiger partial charge in [0.1, 0.15) is 5.82 Å². The molecule has 1 saturated heterocycles. The third-order valence-electron chi connectivity index (χ3n) is 5.20. The zero-order valence-electron chi connectivity index (χ0n) is 14.3. The van der Waals surface area contributed by atoms with Crippen LogP contribution in [0.15, 0.2) is 60.7 Å². The molecule has 2 aromatic carbocycles. The molecule has 5 heteroatoms. The lowest BCUT2D eigenvalue weighted by atomic mass is 9.98. The number of imide groups is 1. The topological polar surface area (TPSA) is 41.8 Å². The number of benzene rings is 2. The zero-order chi connectivity index (χ0) is 18.1. The van der Waals surface area contributed by atoms with Gasteiger partial charge in [0.2, 0.25) is 5.91 Å². The summed E-state index contributed by atoms with van der Waals surface area (Å²) in [6.45, 7) is 1.48. The van der Waals surface area contributed by atoms with Crippen LogP contribution in [0.3, 0.4) is 0 Å². The minimum Gasteiger partial charge on any atom is -0.321 e. The van der Waals surface area contributed by atoms with Gasteiger partial charge in [0.25, 0.3) is 5.91 Å². The first kappa shape index (κ1) is 16.7. The molecule has 2 heterocycles.